The van der Waals surface area contributed by atoms with E-state index in [0.717, 1.165) is 73.4 Å². The van der Waals surface area contributed by atoms with Crippen molar-refractivity contribution in [3.63, 3.8) is 0 Å². The van der Waals surface area contributed by atoms with Crippen molar-refractivity contribution in [2.75, 3.05) is 0 Å². The molecule has 1 aliphatic rings. The highest BCUT2D eigenvalue weighted by Gasteiger charge is 2.16. The fraction of sp³-hybridized carbons (Fsp3) is 0.0444. The molecule has 2 heterocycles. The van der Waals surface area contributed by atoms with Gasteiger partial charge < -0.3 is 4.42 Å². The lowest BCUT2D eigenvalue weighted by Gasteiger charge is -2.14. The van der Waals surface area contributed by atoms with E-state index in [9.17, 15) is 0 Å². The van der Waals surface area contributed by atoms with Gasteiger partial charge >= 0.3 is 0 Å². The predicted octanol–water partition coefficient (Wildman–Crippen LogP) is 11.7. The molecular formula is C45H29N3O. The number of aromatic nitrogens is 3. The molecule has 0 N–H and O–H groups in total. The number of fused-ring (bicyclic) bond motifs is 7. The van der Waals surface area contributed by atoms with Gasteiger partial charge in [0.15, 0.2) is 17.5 Å². The number of rotatable bonds is 4. The van der Waals surface area contributed by atoms with Gasteiger partial charge in [-0.3, -0.25) is 0 Å². The lowest BCUT2D eigenvalue weighted by Crippen LogP contribution is -2.00. The average molecular weight is 628 g/mol. The molecule has 10 rings (SSSR count). The Morgan fingerprint density at radius 1 is 0.469 bits per heavy atom. The van der Waals surface area contributed by atoms with Gasteiger partial charge in [-0.2, -0.15) is 0 Å². The monoisotopic (exact) mass is 627 g/mol. The summed E-state index contributed by atoms with van der Waals surface area (Å²) in [5.74, 6) is 1.98. The molecule has 230 valence electrons. The molecule has 4 nitrogen and oxygen atoms in total. The molecule has 9 aromatic rings. The number of hydrogen-bond acceptors (Lipinski definition) is 4. The lowest BCUT2D eigenvalue weighted by atomic mass is 9.91. The third-order valence-electron chi connectivity index (χ3n) is 9.76. The molecular weight excluding hydrogens is 599 g/mol. The van der Waals surface area contributed by atoms with E-state index in [4.69, 9.17) is 19.4 Å². The van der Waals surface area contributed by atoms with Gasteiger partial charge in [0.2, 0.25) is 0 Å². The lowest BCUT2D eigenvalue weighted by molar-refractivity contribution is 0.669. The first kappa shape index (κ1) is 27.7. The molecule has 0 radical (unpaired) electrons. The molecule has 1 aliphatic carbocycles. The van der Waals surface area contributed by atoms with Crippen LogP contribution in [0.25, 0.3) is 94.8 Å². The summed E-state index contributed by atoms with van der Waals surface area (Å²) in [6.45, 7) is 0. The van der Waals surface area contributed by atoms with Crippen molar-refractivity contribution in [1.29, 1.82) is 0 Å². The molecule has 0 spiro atoms. The molecule has 0 saturated heterocycles. The zero-order valence-corrected chi connectivity index (χ0v) is 26.6. The largest absolute Gasteiger partial charge is 0.456 e. The molecule has 0 atom stereocenters. The minimum atomic E-state index is 0.652. The molecule has 4 heteroatoms. The summed E-state index contributed by atoms with van der Waals surface area (Å²) in [5.41, 5.74) is 9.70. The molecule has 0 saturated carbocycles. The maximum Gasteiger partial charge on any atom is 0.164 e. The highest BCUT2D eigenvalue weighted by Crippen LogP contribution is 2.38. The summed E-state index contributed by atoms with van der Waals surface area (Å²) < 4.78 is 6.17. The summed E-state index contributed by atoms with van der Waals surface area (Å²) in [4.78, 5) is 15.1. The van der Waals surface area contributed by atoms with E-state index in [1.165, 1.54) is 21.9 Å². The summed E-state index contributed by atoms with van der Waals surface area (Å²) in [7, 11) is 0. The molecule has 0 amide bonds. The van der Waals surface area contributed by atoms with Crippen molar-refractivity contribution >= 4 is 49.6 Å². The molecule has 0 aliphatic heterocycles. The predicted molar refractivity (Wildman–Crippen MR) is 201 cm³/mol. The molecule has 0 fully saturated rings. The van der Waals surface area contributed by atoms with Crippen molar-refractivity contribution in [3.8, 4) is 45.3 Å². The quantitative estimate of drug-likeness (QED) is 0.195. The van der Waals surface area contributed by atoms with E-state index < -0.39 is 0 Å². The zero-order chi connectivity index (χ0) is 32.3. The first-order valence-electron chi connectivity index (χ1n) is 16.7. The number of allylic oxidation sites excluding steroid dienone is 1. The Balaban J connectivity index is 1.10. The summed E-state index contributed by atoms with van der Waals surface area (Å²) in [5, 5.41) is 7.00. The number of para-hydroxylation sites is 1. The number of benzene rings is 7. The van der Waals surface area contributed by atoms with Gasteiger partial charge in [-0.1, -0.05) is 121 Å². The minimum Gasteiger partial charge on any atom is -0.456 e. The summed E-state index contributed by atoms with van der Waals surface area (Å²) in [6, 6.07) is 48.8. The van der Waals surface area contributed by atoms with Crippen LogP contribution in [0.2, 0.25) is 0 Å². The smallest absolute Gasteiger partial charge is 0.164 e. The maximum atomic E-state index is 6.17. The number of hydrogen-bond donors (Lipinski definition) is 0. The van der Waals surface area contributed by atoms with Gasteiger partial charge in [0.1, 0.15) is 11.2 Å². The fourth-order valence-corrected chi connectivity index (χ4v) is 7.30. The molecule has 0 unspecified atom stereocenters. The van der Waals surface area contributed by atoms with Crippen molar-refractivity contribution < 1.29 is 4.42 Å². The van der Waals surface area contributed by atoms with Crippen LogP contribution in [0.4, 0.5) is 0 Å². The van der Waals surface area contributed by atoms with Crippen LogP contribution >= 0.6 is 0 Å². The Labute approximate surface area is 283 Å². The summed E-state index contributed by atoms with van der Waals surface area (Å²) >= 11 is 0. The first-order valence-corrected chi connectivity index (χ1v) is 16.7. The van der Waals surface area contributed by atoms with Gasteiger partial charge in [-0.05, 0) is 87.0 Å². The van der Waals surface area contributed by atoms with E-state index in [2.05, 4.69) is 115 Å². The zero-order valence-electron chi connectivity index (χ0n) is 26.6. The number of nitrogens with zero attached hydrogens (tertiary/aromatic N) is 3. The van der Waals surface area contributed by atoms with Gasteiger partial charge in [-0.15, -0.1) is 0 Å². The second kappa shape index (κ2) is 11.1. The second-order valence-electron chi connectivity index (χ2n) is 12.7. The van der Waals surface area contributed by atoms with Gasteiger partial charge in [0.25, 0.3) is 0 Å². The Kier molecular flexibility index (Phi) is 6.28. The third kappa shape index (κ3) is 4.72. The normalized spacial score (nSPS) is 12.7. The van der Waals surface area contributed by atoms with Crippen LogP contribution in [0.5, 0.6) is 0 Å². The van der Waals surface area contributed by atoms with Crippen LogP contribution in [0.15, 0.2) is 150 Å². The van der Waals surface area contributed by atoms with Crippen molar-refractivity contribution in [2.24, 2.45) is 0 Å². The standard InChI is InChI=1S/C45H29N3O/c1-2-10-30(11-3-1)43-46-44(48-45(47-43)35-23-19-29-18-17-28-9-4-5-12-36(28)39(29)27-35)34-24-21-31-25-33(22-20-32(31)26-34)37-14-8-16-41-42(37)38-13-6-7-15-40(38)49-41/h1-3,5-8,10-27H,4,9H2. The number of aryl methyl sites for hydroxylation is 1. The molecule has 7 aromatic carbocycles. The van der Waals surface area contributed by atoms with E-state index in [1.54, 1.807) is 0 Å². The van der Waals surface area contributed by atoms with E-state index >= 15 is 0 Å². The topological polar surface area (TPSA) is 51.8 Å². The van der Waals surface area contributed by atoms with Crippen LogP contribution in [0.3, 0.4) is 0 Å². The van der Waals surface area contributed by atoms with Gasteiger partial charge in [0, 0.05) is 27.5 Å². The number of furan rings is 1. The first-order chi connectivity index (χ1) is 24.2. The summed E-state index contributed by atoms with van der Waals surface area (Å²) in [6.07, 6.45) is 6.68. The molecule has 2 aromatic heterocycles. The highest BCUT2D eigenvalue weighted by atomic mass is 16.3. The van der Waals surface area contributed by atoms with Crippen molar-refractivity contribution in [1.82, 2.24) is 15.0 Å². The third-order valence-corrected chi connectivity index (χ3v) is 9.76. The Morgan fingerprint density at radius 3 is 1.96 bits per heavy atom. The van der Waals surface area contributed by atoms with Crippen molar-refractivity contribution in [2.45, 2.75) is 12.8 Å². The van der Waals surface area contributed by atoms with Gasteiger partial charge in [-0.25, -0.2) is 15.0 Å². The highest BCUT2D eigenvalue weighted by molar-refractivity contribution is 6.13. The Bertz CT molecular complexity index is 2780. The van der Waals surface area contributed by atoms with Crippen LogP contribution in [0, 0.1) is 0 Å². The van der Waals surface area contributed by atoms with Gasteiger partial charge in [0.05, 0.1) is 0 Å². The SMILES string of the molecule is C1=Cc2c(ccc3ccc(-c4nc(-c5ccccc5)nc(-c5ccc6cc(-c7cccc8oc9ccccc9c78)ccc6c5)n4)cc23)CC1. The van der Waals surface area contributed by atoms with E-state index in [1.807, 2.05) is 36.4 Å². The Morgan fingerprint density at radius 2 is 1.12 bits per heavy atom. The maximum absolute atomic E-state index is 6.17. The van der Waals surface area contributed by atoms with Crippen LogP contribution in [-0.4, -0.2) is 15.0 Å². The molecule has 0 bridgehead atoms. The average Bonchev–Trinajstić information content (AvgIpc) is 3.56. The molecule has 49 heavy (non-hydrogen) atoms. The van der Waals surface area contributed by atoms with Crippen molar-refractivity contribution in [3.05, 3.63) is 157 Å². The van der Waals surface area contributed by atoms with Crippen LogP contribution < -0.4 is 0 Å². The fourth-order valence-electron chi connectivity index (χ4n) is 7.30. The Hall–Kier alpha value is -6.39. The van der Waals surface area contributed by atoms with E-state index in [-0.39, 0.29) is 0 Å². The van der Waals surface area contributed by atoms with Crippen LogP contribution in [-0.2, 0) is 6.42 Å². The van der Waals surface area contributed by atoms with E-state index in [0.29, 0.717) is 17.5 Å². The minimum absolute atomic E-state index is 0.652. The van der Waals surface area contributed by atoms with Crippen LogP contribution in [0.1, 0.15) is 17.5 Å². The second-order valence-corrected chi connectivity index (χ2v) is 12.7.